The zero-order valence-corrected chi connectivity index (χ0v) is 11.8. The molecule has 8 heteroatoms. The first-order valence-corrected chi connectivity index (χ1v) is 6.56. The van der Waals surface area contributed by atoms with E-state index in [0.29, 0.717) is 11.6 Å². The Hall–Kier alpha value is -2.09. The number of nitrogens with one attached hydrogen (secondary N) is 2. The van der Waals surface area contributed by atoms with Crippen LogP contribution in [-0.2, 0) is 13.6 Å². The van der Waals surface area contributed by atoms with Gasteiger partial charge in [0.05, 0.1) is 6.61 Å². The molecule has 0 bridgehead atoms. The van der Waals surface area contributed by atoms with Crippen LogP contribution in [0.25, 0.3) is 11.2 Å². The van der Waals surface area contributed by atoms with Gasteiger partial charge in [0, 0.05) is 19.6 Å². The summed E-state index contributed by atoms with van der Waals surface area (Å²) >= 11 is 0. The minimum atomic E-state index is -0.508. The van der Waals surface area contributed by atoms with Gasteiger partial charge in [0.1, 0.15) is 0 Å². The number of aromatic amines is 1. The zero-order valence-electron chi connectivity index (χ0n) is 11.8. The third-order valence-electron chi connectivity index (χ3n) is 3.32. The SMILES string of the molecule is CC[C@H](C)Nc1nc2c(c(=O)[nH]c(=O)n2C)n1CCO. The number of aliphatic hydroxyl groups is 1. The number of aryl methyl sites for hydroxylation is 1. The van der Waals surface area contributed by atoms with Crippen LogP contribution in [-0.4, -0.2) is 36.9 Å². The fraction of sp³-hybridized carbons (Fsp3) is 0.583. The van der Waals surface area contributed by atoms with E-state index in [4.69, 9.17) is 0 Å². The molecule has 20 heavy (non-hydrogen) atoms. The van der Waals surface area contributed by atoms with Crippen LogP contribution in [0.2, 0.25) is 0 Å². The summed E-state index contributed by atoms with van der Waals surface area (Å²) < 4.78 is 2.88. The van der Waals surface area contributed by atoms with Gasteiger partial charge in [0.25, 0.3) is 5.56 Å². The van der Waals surface area contributed by atoms with Crippen LogP contribution < -0.4 is 16.6 Å². The third kappa shape index (κ3) is 2.34. The molecular formula is C12H19N5O3. The number of anilines is 1. The third-order valence-corrected chi connectivity index (χ3v) is 3.32. The Balaban J connectivity index is 2.72. The highest BCUT2D eigenvalue weighted by atomic mass is 16.3. The van der Waals surface area contributed by atoms with Crippen LogP contribution in [0, 0.1) is 0 Å². The first-order valence-electron chi connectivity index (χ1n) is 6.56. The molecule has 0 radical (unpaired) electrons. The summed E-state index contributed by atoms with van der Waals surface area (Å²) in [7, 11) is 1.55. The van der Waals surface area contributed by atoms with E-state index in [1.165, 1.54) is 4.57 Å². The predicted molar refractivity (Wildman–Crippen MR) is 76.1 cm³/mol. The maximum atomic E-state index is 12.0. The average molecular weight is 281 g/mol. The van der Waals surface area contributed by atoms with Crippen LogP contribution in [0.1, 0.15) is 20.3 Å². The molecule has 0 aromatic carbocycles. The molecule has 0 saturated carbocycles. The van der Waals surface area contributed by atoms with Gasteiger partial charge in [-0.3, -0.25) is 14.3 Å². The van der Waals surface area contributed by atoms with E-state index in [-0.39, 0.29) is 24.7 Å². The lowest BCUT2D eigenvalue weighted by molar-refractivity contribution is 0.278. The monoisotopic (exact) mass is 281 g/mol. The lowest BCUT2D eigenvalue weighted by Gasteiger charge is -2.13. The molecule has 1 atom stereocenters. The molecule has 0 fully saturated rings. The van der Waals surface area contributed by atoms with Gasteiger partial charge in [0.15, 0.2) is 11.2 Å². The number of fused-ring (bicyclic) bond motifs is 1. The van der Waals surface area contributed by atoms with Crippen molar-refractivity contribution < 1.29 is 5.11 Å². The fourth-order valence-electron chi connectivity index (χ4n) is 1.98. The Bertz CT molecular complexity index is 727. The number of aromatic nitrogens is 4. The molecule has 3 N–H and O–H groups in total. The lowest BCUT2D eigenvalue weighted by atomic mass is 10.3. The number of hydrogen-bond acceptors (Lipinski definition) is 5. The quantitative estimate of drug-likeness (QED) is 0.693. The molecule has 0 aliphatic heterocycles. The van der Waals surface area contributed by atoms with Gasteiger partial charge in [-0.25, -0.2) is 4.79 Å². The van der Waals surface area contributed by atoms with Crippen molar-refractivity contribution in [1.29, 1.82) is 0 Å². The predicted octanol–water partition coefficient (Wildman–Crippen LogP) is -0.374. The van der Waals surface area contributed by atoms with Gasteiger partial charge >= 0.3 is 5.69 Å². The molecular weight excluding hydrogens is 262 g/mol. The molecule has 0 aliphatic carbocycles. The maximum Gasteiger partial charge on any atom is 0.329 e. The van der Waals surface area contributed by atoms with E-state index in [1.807, 2.05) is 13.8 Å². The Labute approximate surface area is 115 Å². The van der Waals surface area contributed by atoms with Crippen LogP contribution in [0.3, 0.4) is 0 Å². The second-order valence-electron chi connectivity index (χ2n) is 4.75. The number of imidazole rings is 1. The Kier molecular flexibility index (Phi) is 3.93. The minimum absolute atomic E-state index is 0.122. The number of H-pyrrole nitrogens is 1. The zero-order chi connectivity index (χ0) is 14.9. The van der Waals surface area contributed by atoms with E-state index in [0.717, 1.165) is 6.42 Å². The summed E-state index contributed by atoms with van der Waals surface area (Å²) in [6.45, 7) is 4.13. The highest BCUT2D eigenvalue weighted by Gasteiger charge is 2.17. The van der Waals surface area contributed by atoms with Gasteiger partial charge < -0.3 is 15.0 Å². The molecule has 0 spiro atoms. The van der Waals surface area contributed by atoms with Crippen molar-refractivity contribution in [2.75, 3.05) is 11.9 Å². The van der Waals surface area contributed by atoms with Crippen LogP contribution >= 0.6 is 0 Å². The van der Waals surface area contributed by atoms with Crippen molar-refractivity contribution in [3.05, 3.63) is 20.8 Å². The molecule has 2 aromatic heterocycles. The molecule has 0 amide bonds. The maximum absolute atomic E-state index is 12.0. The normalized spacial score (nSPS) is 12.8. The van der Waals surface area contributed by atoms with Gasteiger partial charge in [0.2, 0.25) is 5.95 Å². The highest BCUT2D eigenvalue weighted by molar-refractivity contribution is 5.74. The average Bonchev–Trinajstić information content (AvgIpc) is 2.76. The summed E-state index contributed by atoms with van der Waals surface area (Å²) in [6.07, 6.45) is 0.887. The van der Waals surface area contributed by atoms with Crippen molar-refractivity contribution in [3.8, 4) is 0 Å². The summed E-state index contributed by atoms with van der Waals surface area (Å²) in [5.41, 5.74) is -0.419. The van der Waals surface area contributed by atoms with Crippen molar-refractivity contribution in [2.45, 2.75) is 32.9 Å². The summed E-state index contributed by atoms with van der Waals surface area (Å²) in [5, 5.41) is 12.4. The Morgan fingerprint density at radius 1 is 1.45 bits per heavy atom. The molecule has 0 aliphatic rings. The molecule has 110 valence electrons. The summed E-state index contributed by atoms with van der Waals surface area (Å²) in [5.74, 6) is 0.482. The molecule has 2 rings (SSSR count). The molecule has 2 aromatic rings. The minimum Gasteiger partial charge on any atom is -0.395 e. The number of rotatable bonds is 5. The van der Waals surface area contributed by atoms with Gasteiger partial charge in [-0.15, -0.1) is 0 Å². The van der Waals surface area contributed by atoms with E-state index in [9.17, 15) is 14.7 Å². The largest absolute Gasteiger partial charge is 0.395 e. The van der Waals surface area contributed by atoms with Crippen LogP contribution in [0.5, 0.6) is 0 Å². The molecule has 0 unspecified atom stereocenters. The number of nitrogens with zero attached hydrogens (tertiary/aromatic N) is 3. The number of hydrogen-bond donors (Lipinski definition) is 3. The topological polar surface area (TPSA) is 105 Å². The van der Waals surface area contributed by atoms with Crippen molar-refractivity contribution >= 4 is 17.1 Å². The van der Waals surface area contributed by atoms with Crippen LogP contribution in [0.15, 0.2) is 9.59 Å². The first-order chi connectivity index (χ1) is 9.49. The van der Waals surface area contributed by atoms with E-state index >= 15 is 0 Å². The van der Waals surface area contributed by atoms with Crippen molar-refractivity contribution in [2.24, 2.45) is 7.05 Å². The van der Waals surface area contributed by atoms with E-state index in [1.54, 1.807) is 11.6 Å². The van der Waals surface area contributed by atoms with Crippen molar-refractivity contribution in [1.82, 2.24) is 19.1 Å². The second-order valence-corrected chi connectivity index (χ2v) is 4.75. The summed E-state index contributed by atoms with van der Waals surface area (Å²) in [6, 6.07) is 0.167. The lowest BCUT2D eigenvalue weighted by Crippen LogP contribution is -2.29. The molecule has 2 heterocycles. The van der Waals surface area contributed by atoms with Gasteiger partial charge in [-0.1, -0.05) is 6.92 Å². The molecule has 8 nitrogen and oxygen atoms in total. The van der Waals surface area contributed by atoms with Gasteiger partial charge in [-0.2, -0.15) is 4.98 Å². The number of aliphatic hydroxyl groups excluding tert-OH is 1. The Morgan fingerprint density at radius 3 is 2.75 bits per heavy atom. The highest BCUT2D eigenvalue weighted by Crippen LogP contribution is 2.16. The standard InChI is InChI=1S/C12H19N5O3/c1-4-7(2)13-11-14-9-8(17(11)5-6-18)10(19)15-12(20)16(9)3/h7,18H,4-6H2,1-3H3,(H,13,14)(H,15,19,20)/t7-/m0/s1. The van der Waals surface area contributed by atoms with Crippen LogP contribution in [0.4, 0.5) is 5.95 Å². The van der Waals surface area contributed by atoms with E-state index < -0.39 is 11.2 Å². The fourth-order valence-corrected chi connectivity index (χ4v) is 1.98. The smallest absolute Gasteiger partial charge is 0.329 e. The van der Waals surface area contributed by atoms with Gasteiger partial charge in [-0.05, 0) is 13.3 Å². The van der Waals surface area contributed by atoms with Crippen molar-refractivity contribution in [3.63, 3.8) is 0 Å². The Morgan fingerprint density at radius 2 is 2.15 bits per heavy atom. The first kappa shape index (κ1) is 14.3. The van der Waals surface area contributed by atoms with E-state index in [2.05, 4.69) is 15.3 Å². The second kappa shape index (κ2) is 5.49. The molecule has 0 saturated heterocycles. The summed E-state index contributed by atoms with van der Waals surface area (Å²) in [4.78, 5) is 30.1.